The normalized spacial score (nSPS) is 31.3. The van der Waals surface area contributed by atoms with Gasteiger partial charge in [0.1, 0.15) is 5.78 Å². The monoisotopic (exact) mass is 258 g/mol. The number of hydrogen-bond donors (Lipinski definition) is 0. The molecule has 1 fully saturated rings. The molecule has 4 heteroatoms. The first-order chi connectivity index (χ1) is 9.09. The van der Waals surface area contributed by atoms with Gasteiger partial charge in [0.2, 0.25) is 6.79 Å². The Bertz CT molecular complexity index is 619. The third kappa shape index (κ3) is 1.29. The summed E-state index contributed by atoms with van der Waals surface area (Å²) < 4.78 is 10.8. The van der Waals surface area contributed by atoms with Crippen LogP contribution in [0.1, 0.15) is 36.8 Å². The first-order valence-electron chi connectivity index (χ1n) is 6.59. The van der Waals surface area contributed by atoms with Crippen molar-refractivity contribution in [1.29, 1.82) is 0 Å². The summed E-state index contributed by atoms with van der Waals surface area (Å²) in [7, 11) is 0. The second kappa shape index (κ2) is 3.38. The Kier molecular flexibility index (Phi) is 1.96. The maximum absolute atomic E-state index is 12.5. The predicted molar refractivity (Wildman–Crippen MR) is 66.4 cm³/mol. The molecule has 2 unspecified atom stereocenters. The highest BCUT2D eigenvalue weighted by atomic mass is 16.7. The van der Waals surface area contributed by atoms with Crippen LogP contribution >= 0.6 is 0 Å². The minimum Gasteiger partial charge on any atom is -0.454 e. The molecule has 19 heavy (non-hydrogen) atoms. The van der Waals surface area contributed by atoms with Crippen LogP contribution < -0.4 is 9.47 Å². The highest BCUT2D eigenvalue weighted by Gasteiger charge is 2.51. The second-order valence-electron chi connectivity index (χ2n) is 5.79. The molecule has 2 aliphatic carbocycles. The van der Waals surface area contributed by atoms with Gasteiger partial charge in [-0.3, -0.25) is 9.59 Å². The van der Waals surface area contributed by atoms with Crippen molar-refractivity contribution in [2.75, 3.05) is 6.79 Å². The van der Waals surface area contributed by atoms with Crippen LogP contribution in [-0.2, 0) is 16.0 Å². The van der Waals surface area contributed by atoms with E-state index < -0.39 is 5.41 Å². The smallest absolute Gasteiger partial charge is 0.231 e. The van der Waals surface area contributed by atoms with Crippen LogP contribution in [0, 0.1) is 5.41 Å². The summed E-state index contributed by atoms with van der Waals surface area (Å²) in [5.41, 5.74) is 1.26. The maximum Gasteiger partial charge on any atom is 0.231 e. The van der Waals surface area contributed by atoms with Crippen LogP contribution in [0.4, 0.5) is 0 Å². The van der Waals surface area contributed by atoms with Crippen molar-refractivity contribution in [3.63, 3.8) is 0 Å². The van der Waals surface area contributed by atoms with E-state index in [1.165, 1.54) is 0 Å². The summed E-state index contributed by atoms with van der Waals surface area (Å²) >= 11 is 0. The Morgan fingerprint density at radius 2 is 1.95 bits per heavy atom. The van der Waals surface area contributed by atoms with Gasteiger partial charge in [0.05, 0.1) is 5.41 Å². The van der Waals surface area contributed by atoms with Crippen LogP contribution in [0.3, 0.4) is 0 Å². The number of carbonyl (C=O) groups is 2. The quantitative estimate of drug-likeness (QED) is 0.668. The Hall–Kier alpha value is -1.84. The largest absolute Gasteiger partial charge is 0.454 e. The molecule has 1 aliphatic heterocycles. The van der Waals surface area contributed by atoms with E-state index in [0.717, 1.165) is 16.9 Å². The van der Waals surface area contributed by atoms with E-state index in [9.17, 15) is 9.59 Å². The zero-order chi connectivity index (χ0) is 13.2. The molecule has 98 valence electrons. The highest BCUT2D eigenvalue weighted by molar-refractivity contribution is 6.12. The molecule has 0 radical (unpaired) electrons. The summed E-state index contributed by atoms with van der Waals surface area (Å²) in [6.45, 7) is 2.02. The lowest BCUT2D eigenvalue weighted by Crippen LogP contribution is -2.48. The number of Topliss-reactive ketones (excluding diaryl/α,β-unsaturated/α-hetero) is 2. The van der Waals surface area contributed by atoms with E-state index in [2.05, 4.69) is 0 Å². The third-order valence-corrected chi connectivity index (χ3v) is 4.69. The first kappa shape index (κ1) is 11.0. The number of benzene rings is 1. The van der Waals surface area contributed by atoms with E-state index in [4.69, 9.17) is 9.47 Å². The standard InChI is InChI=1S/C15H14O4/c1-15-6-8-4-11-12(19-7-18-11)5-10(8)9(14(15)17)2-3-13(15)16/h4-5,9H,2-3,6-7H2,1H3. The molecular formula is C15H14O4. The van der Waals surface area contributed by atoms with Gasteiger partial charge in [-0.1, -0.05) is 0 Å². The van der Waals surface area contributed by atoms with Crippen molar-refractivity contribution in [1.82, 2.24) is 0 Å². The molecule has 3 aliphatic rings. The van der Waals surface area contributed by atoms with E-state index in [1.54, 1.807) is 6.92 Å². The number of carbonyl (C=O) groups excluding carboxylic acids is 2. The van der Waals surface area contributed by atoms with Crippen molar-refractivity contribution < 1.29 is 19.1 Å². The van der Waals surface area contributed by atoms with Gasteiger partial charge < -0.3 is 9.47 Å². The Morgan fingerprint density at radius 3 is 2.74 bits per heavy atom. The molecule has 0 N–H and O–H groups in total. The summed E-state index contributed by atoms with van der Waals surface area (Å²) in [4.78, 5) is 24.6. The van der Waals surface area contributed by atoms with Gasteiger partial charge in [0.25, 0.3) is 0 Å². The fourth-order valence-electron chi connectivity index (χ4n) is 3.54. The molecule has 2 atom stereocenters. The zero-order valence-electron chi connectivity index (χ0n) is 10.7. The van der Waals surface area contributed by atoms with E-state index in [-0.39, 0.29) is 24.3 Å². The molecule has 4 nitrogen and oxygen atoms in total. The summed E-state index contributed by atoms with van der Waals surface area (Å²) in [6, 6.07) is 3.86. The third-order valence-electron chi connectivity index (χ3n) is 4.69. The van der Waals surface area contributed by atoms with Crippen molar-refractivity contribution in [2.45, 2.75) is 32.1 Å². The van der Waals surface area contributed by atoms with Crippen LogP contribution in [0.5, 0.6) is 11.5 Å². The fourth-order valence-corrected chi connectivity index (χ4v) is 3.54. The average molecular weight is 258 g/mol. The van der Waals surface area contributed by atoms with Gasteiger partial charge in [-0.15, -0.1) is 0 Å². The summed E-state index contributed by atoms with van der Waals surface area (Å²) in [5, 5.41) is 0. The lowest BCUT2D eigenvalue weighted by Gasteiger charge is -2.41. The minimum absolute atomic E-state index is 0.0788. The van der Waals surface area contributed by atoms with Gasteiger partial charge in [-0.25, -0.2) is 0 Å². The number of ether oxygens (including phenoxy) is 2. The molecule has 1 saturated carbocycles. The SMILES string of the molecule is CC12Cc3cc4c(cc3C(CCC1=O)C2=O)OCO4. The number of rotatable bonds is 0. The van der Waals surface area contributed by atoms with Crippen LogP contribution in [-0.4, -0.2) is 18.4 Å². The molecule has 1 aromatic rings. The van der Waals surface area contributed by atoms with Crippen LogP contribution in [0.15, 0.2) is 12.1 Å². The lowest BCUT2D eigenvalue weighted by molar-refractivity contribution is -0.144. The van der Waals surface area contributed by atoms with Gasteiger partial charge >= 0.3 is 0 Å². The minimum atomic E-state index is -0.830. The number of hydrogen-bond acceptors (Lipinski definition) is 4. The Balaban J connectivity index is 1.91. The van der Waals surface area contributed by atoms with Gasteiger partial charge in [0, 0.05) is 12.3 Å². The average Bonchev–Trinajstić information content (AvgIpc) is 2.82. The molecule has 0 aromatic heterocycles. The van der Waals surface area contributed by atoms with E-state index >= 15 is 0 Å². The van der Waals surface area contributed by atoms with E-state index in [1.807, 2.05) is 12.1 Å². The lowest BCUT2D eigenvalue weighted by atomic mass is 9.59. The molecule has 0 saturated heterocycles. The maximum atomic E-state index is 12.5. The molecule has 2 bridgehead atoms. The molecule has 0 amide bonds. The molecule has 0 spiro atoms. The second-order valence-corrected chi connectivity index (χ2v) is 5.79. The summed E-state index contributed by atoms with van der Waals surface area (Å²) in [6.07, 6.45) is 1.62. The van der Waals surface area contributed by atoms with Crippen molar-refractivity contribution in [2.24, 2.45) is 5.41 Å². The van der Waals surface area contributed by atoms with Gasteiger partial charge in [-0.05, 0) is 43.0 Å². The zero-order valence-corrected chi connectivity index (χ0v) is 10.7. The highest BCUT2D eigenvalue weighted by Crippen LogP contribution is 2.49. The van der Waals surface area contributed by atoms with Gasteiger partial charge in [0.15, 0.2) is 17.3 Å². The Morgan fingerprint density at radius 1 is 1.21 bits per heavy atom. The first-order valence-corrected chi connectivity index (χ1v) is 6.59. The van der Waals surface area contributed by atoms with Crippen LogP contribution in [0.25, 0.3) is 0 Å². The summed E-state index contributed by atoms with van der Waals surface area (Å²) in [5.74, 6) is 1.45. The number of fused-ring (bicyclic) bond motifs is 5. The molecule has 4 rings (SSSR count). The van der Waals surface area contributed by atoms with E-state index in [0.29, 0.717) is 25.0 Å². The molecule has 1 heterocycles. The molecular weight excluding hydrogens is 244 g/mol. The number of ketones is 2. The fraction of sp³-hybridized carbons (Fsp3) is 0.467. The van der Waals surface area contributed by atoms with Crippen molar-refractivity contribution >= 4 is 11.6 Å². The van der Waals surface area contributed by atoms with Crippen molar-refractivity contribution in [3.8, 4) is 11.5 Å². The van der Waals surface area contributed by atoms with Crippen LogP contribution in [0.2, 0.25) is 0 Å². The van der Waals surface area contributed by atoms with Crippen molar-refractivity contribution in [3.05, 3.63) is 23.3 Å². The predicted octanol–water partition coefficient (Wildman–Crippen LogP) is 1.99. The topological polar surface area (TPSA) is 52.6 Å². The Labute approximate surface area is 110 Å². The molecule has 1 aromatic carbocycles. The van der Waals surface area contributed by atoms with Gasteiger partial charge in [-0.2, -0.15) is 0 Å².